The number of rotatable bonds is 2. The fraction of sp³-hybridized carbons (Fsp3) is 0.727. The van der Waals surface area contributed by atoms with E-state index >= 15 is 0 Å². The monoisotopic (exact) mass is 210 g/mol. The fourth-order valence-electron chi connectivity index (χ4n) is 2.26. The van der Waals surface area contributed by atoms with Gasteiger partial charge in [-0.15, -0.1) is 0 Å². The molecule has 2 rings (SSSR count). The Hall–Kier alpha value is -0.870. The minimum absolute atomic E-state index is 0.165. The van der Waals surface area contributed by atoms with E-state index < -0.39 is 5.60 Å². The number of hydrogen-bond donors (Lipinski definition) is 1. The maximum absolute atomic E-state index is 10.6. The van der Waals surface area contributed by atoms with Gasteiger partial charge in [-0.2, -0.15) is 5.10 Å². The van der Waals surface area contributed by atoms with Crippen molar-refractivity contribution in [1.82, 2.24) is 9.78 Å². The number of aromatic nitrogens is 2. The van der Waals surface area contributed by atoms with E-state index in [4.69, 9.17) is 4.74 Å². The minimum atomic E-state index is -0.760. The Morgan fingerprint density at radius 2 is 2.53 bits per heavy atom. The molecule has 1 aliphatic rings. The van der Waals surface area contributed by atoms with Crippen molar-refractivity contribution in [2.24, 2.45) is 7.05 Å². The molecule has 1 aliphatic heterocycles. The molecule has 0 spiro atoms. The third kappa shape index (κ3) is 1.92. The molecule has 0 radical (unpaired) electrons. The lowest BCUT2D eigenvalue weighted by Crippen LogP contribution is -2.39. The molecule has 0 saturated carbocycles. The van der Waals surface area contributed by atoms with Crippen LogP contribution in [0.4, 0.5) is 0 Å². The van der Waals surface area contributed by atoms with E-state index in [2.05, 4.69) is 12.0 Å². The maximum Gasteiger partial charge on any atom is 0.111 e. The molecule has 1 aromatic heterocycles. The fourth-order valence-corrected chi connectivity index (χ4v) is 2.26. The van der Waals surface area contributed by atoms with Gasteiger partial charge in [-0.05, 0) is 12.5 Å². The van der Waals surface area contributed by atoms with Gasteiger partial charge < -0.3 is 9.84 Å². The van der Waals surface area contributed by atoms with Crippen LogP contribution in [0.1, 0.15) is 31.9 Å². The van der Waals surface area contributed by atoms with Gasteiger partial charge in [0.15, 0.2) is 0 Å². The quantitative estimate of drug-likeness (QED) is 0.797. The smallest absolute Gasteiger partial charge is 0.111 e. The van der Waals surface area contributed by atoms with E-state index in [-0.39, 0.29) is 6.10 Å². The first-order valence-corrected chi connectivity index (χ1v) is 5.48. The normalized spacial score (nSPS) is 31.8. The summed E-state index contributed by atoms with van der Waals surface area (Å²) in [6.07, 6.45) is 4.16. The average molecular weight is 210 g/mol. The van der Waals surface area contributed by atoms with Crippen LogP contribution in [0.25, 0.3) is 0 Å². The molecule has 4 heteroatoms. The molecule has 0 aromatic carbocycles. The van der Waals surface area contributed by atoms with Crippen molar-refractivity contribution in [1.29, 1.82) is 0 Å². The van der Waals surface area contributed by atoms with E-state index in [0.29, 0.717) is 19.4 Å². The van der Waals surface area contributed by atoms with Crippen LogP contribution in [0, 0.1) is 0 Å². The summed E-state index contributed by atoms with van der Waals surface area (Å²) in [6.45, 7) is 2.71. The number of aliphatic hydroxyl groups is 1. The molecule has 2 atom stereocenters. The zero-order chi connectivity index (χ0) is 10.9. The highest BCUT2D eigenvalue weighted by molar-refractivity contribution is 5.13. The molecule has 2 unspecified atom stereocenters. The molecule has 1 fully saturated rings. The van der Waals surface area contributed by atoms with Crippen LogP contribution in [0.2, 0.25) is 0 Å². The molecule has 2 heterocycles. The predicted molar refractivity (Wildman–Crippen MR) is 56.4 cm³/mol. The van der Waals surface area contributed by atoms with Gasteiger partial charge in [0.25, 0.3) is 0 Å². The summed E-state index contributed by atoms with van der Waals surface area (Å²) in [5.41, 5.74) is 0.133. The lowest BCUT2D eigenvalue weighted by Gasteiger charge is -2.36. The summed E-state index contributed by atoms with van der Waals surface area (Å²) in [5, 5.41) is 14.7. The maximum atomic E-state index is 10.6. The molecule has 1 N–H and O–H groups in total. The van der Waals surface area contributed by atoms with Crippen molar-refractivity contribution in [3.63, 3.8) is 0 Å². The van der Waals surface area contributed by atoms with E-state index in [0.717, 1.165) is 12.1 Å². The molecule has 0 aliphatic carbocycles. The number of ether oxygens (including phenoxy) is 1. The second-order valence-electron chi connectivity index (χ2n) is 4.23. The van der Waals surface area contributed by atoms with Crippen molar-refractivity contribution in [3.8, 4) is 0 Å². The van der Waals surface area contributed by atoms with E-state index in [9.17, 15) is 5.11 Å². The third-order valence-corrected chi connectivity index (χ3v) is 3.19. The Bertz CT molecular complexity index is 337. The van der Waals surface area contributed by atoms with Gasteiger partial charge in [0.05, 0.1) is 18.4 Å². The molecule has 84 valence electrons. The average Bonchev–Trinajstić information content (AvgIpc) is 2.65. The summed E-state index contributed by atoms with van der Waals surface area (Å²) < 4.78 is 7.32. The second kappa shape index (κ2) is 3.94. The first-order valence-electron chi connectivity index (χ1n) is 5.48. The highest BCUT2D eigenvalue weighted by atomic mass is 16.5. The summed E-state index contributed by atoms with van der Waals surface area (Å²) in [7, 11) is 1.86. The van der Waals surface area contributed by atoms with Gasteiger partial charge in [-0.1, -0.05) is 6.92 Å². The zero-order valence-corrected chi connectivity index (χ0v) is 9.31. The Kier molecular flexibility index (Phi) is 2.80. The first-order chi connectivity index (χ1) is 7.15. The van der Waals surface area contributed by atoms with Crippen LogP contribution < -0.4 is 0 Å². The van der Waals surface area contributed by atoms with Crippen molar-refractivity contribution < 1.29 is 9.84 Å². The van der Waals surface area contributed by atoms with Crippen molar-refractivity contribution >= 4 is 0 Å². The van der Waals surface area contributed by atoms with Crippen LogP contribution in [-0.4, -0.2) is 27.6 Å². The van der Waals surface area contributed by atoms with Gasteiger partial charge in [0.2, 0.25) is 0 Å². The molecule has 1 saturated heterocycles. The van der Waals surface area contributed by atoms with Crippen molar-refractivity contribution in [3.05, 3.63) is 18.0 Å². The minimum Gasteiger partial charge on any atom is -0.383 e. The Morgan fingerprint density at radius 1 is 1.73 bits per heavy atom. The third-order valence-electron chi connectivity index (χ3n) is 3.19. The molecule has 0 amide bonds. The number of hydrogen-bond acceptors (Lipinski definition) is 3. The van der Waals surface area contributed by atoms with Gasteiger partial charge in [-0.3, -0.25) is 4.68 Å². The van der Waals surface area contributed by atoms with E-state index in [1.165, 1.54) is 0 Å². The molecule has 1 aromatic rings. The molecular weight excluding hydrogens is 192 g/mol. The molecule has 15 heavy (non-hydrogen) atoms. The summed E-state index contributed by atoms with van der Waals surface area (Å²) in [4.78, 5) is 0. The topological polar surface area (TPSA) is 47.3 Å². The molecule has 0 bridgehead atoms. The number of nitrogens with zero attached hydrogens (tertiary/aromatic N) is 2. The lowest BCUT2D eigenvalue weighted by molar-refractivity contribution is -0.112. The Labute approximate surface area is 89.9 Å². The van der Waals surface area contributed by atoms with Gasteiger partial charge in [0, 0.05) is 26.1 Å². The van der Waals surface area contributed by atoms with Crippen molar-refractivity contribution in [2.45, 2.75) is 37.9 Å². The Morgan fingerprint density at radius 3 is 3.13 bits per heavy atom. The molecule has 4 nitrogen and oxygen atoms in total. The first kappa shape index (κ1) is 10.6. The molecular formula is C11H18N2O2. The van der Waals surface area contributed by atoms with Gasteiger partial charge in [-0.25, -0.2) is 0 Å². The summed E-state index contributed by atoms with van der Waals surface area (Å²) >= 11 is 0. The summed E-state index contributed by atoms with van der Waals surface area (Å²) in [5.74, 6) is 0. The second-order valence-corrected chi connectivity index (χ2v) is 4.23. The SMILES string of the molecule is CCC1CC(O)(c2ccnn2C)CCO1. The Balaban J connectivity index is 2.22. The zero-order valence-electron chi connectivity index (χ0n) is 9.31. The predicted octanol–water partition coefficient (Wildman–Crippen LogP) is 1.20. The van der Waals surface area contributed by atoms with Crippen LogP contribution in [-0.2, 0) is 17.4 Å². The van der Waals surface area contributed by atoms with Crippen LogP contribution in [0.15, 0.2) is 12.3 Å². The van der Waals surface area contributed by atoms with E-state index in [1.54, 1.807) is 10.9 Å². The summed E-state index contributed by atoms with van der Waals surface area (Å²) in [6, 6.07) is 1.89. The highest BCUT2D eigenvalue weighted by Crippen LogP contribution is 2.34. The van der Waals surface area contributed by atoms with E-state index in [1.807, 2.05) is 13.1 Å². The lowest BCUT2D eigenvalue weighted by atomic mass is 9.86. The highest BCUT2D eigenvalue weighted by Gasteiger charge is 2.37. The number of aryl methyl sites for hydroxylation is 1. The van der Waals surface area contributed by atoms with Crippen LogP contribution >= 0.6 is 0 Å². The van der Waals surface area contributed by atoms with Crippen LogP contribution in [0.5, 0.6) is 0 Å². The largest absolute Gasteiger partial charge is 0.383 e. The van der Waals surface area contributed by atoms with Gasteiger partial charge in [0.1, 0.15) is 5.60 Å². The van der Waals surface area contributed by atoms with Gasteiger partial charge >= 0.3 is 0 Å². The standard InChI is InChI=1S/C11H18N2O2/c1-3-9-8-11(14,5-7-15-9)10-4-6-12-13(10)2/h4,6,9,14H,3,5,7-8H2,1-2H3. The van der Waals surface area contributed by atoms with Crippen LogP contribution in [0.3, 0.4) is 0 Å². The van der Waals surface area contributed by atoms with Crippen molar-refractivity contribution in [2.75, 3.05) is 6.61 Å².